The minimum atomic E-state index is -0.0979. The fourth-order valence-electron chi connectivity index (χ4n) is 5.62. The number of rotatable bonds is 6. The van der Waals surface area contributed by atoms with Gasteiger partial charge in [0.25, 0.3) is 5.91 Å². The lowest BCUT2D eigenvalue weighted by atomic mass is 9.75. The van der Waals surface area contributed by atoms with Crippen LogP contribution in [0.2, 0.25) is 0 Å². The maximum absolute atomic E-state index is 13.1. The highest BCUT2D eigenvalue weighted by Crippen LogP contribution is 2.65. The molecule has 1 amide bonds. The van der Waals surface area contributed by atoms with Crippen LogP contribution in [0.15, 0.2) is 11.2 Å². The molecule has 4 aliphatic carbocycles. The van der Waals surface area contributed by atoms with Crippen LogP contribution in [0, 0.1) is 30.1 Å². The molecule has 4 fully saturated rings. The summed E-state index contributed by atoms with van der Waals surface area (Å²) < 4.78 is 7.29. The largest absolute Gasteiger partial charge is 0.385 e. The molecule has 5 rings (SSSR count). The topological polar surface area (TPSA) is 43.6 Å². The maximum Gasteiger partial charge on any atom is 0.254 e. The molecule has 0 N–H and O–H groups in total. The Morgan fingerprint density at radius 3 is 2.79 bits per heavy atom. The van der Waals surface area contributed by atoms with Crippen molar-refractivity contribution in [2.24, 2.45) is 28.2 Å². The van der Waals surface area contributed by atoms with Gasteiger partial charge >= 0.3 is 0 Å². The molecule has 4 nitrogen and oxygen atoms in total. The summed E-state index contributed by atoms with van der Waals surface area (Å²) in [6.07, 6.45) is 10.4. The van der Waals surface area contributed by atoms with E-state index in [-0.39, 0.29) is 11.3 Å². The van der Waals surface area contributed by atoms with Crippen LogP contribution in [0.1, 0.15) is 49.8 Å². The lowest BCUT2D eigenvalue weighted by Gasteiger charge is -2.29. The van der Waals surface area contributed by atoms with Crippen molar-refractivity contribution in [1.29, 1.82) is 0 Å². The van der Waals surface area contributed by atoms with Crippen molar-refractivity contribution in [1.82, 2.24) is 4.57 Å². The average molecular weight is 349 g/mol. The van der Waals surface area contributed by atoms with Gasteiger partial charge < -0.3 is 9.30 Å². The van der Waals surface area contributed by atoms with Gasteiger partial charge in [-0.2, -0.15) is 4.99 Å². The summed E-state index contributed by atoms with van der Waals surface area (Å²) in [7, 11) is 1.74. The molecule has 2 unspecified atom stereocenters. The van der Waals surface area contributed by atoms with E-state index in [1.54, 1.807) is 18.4 Å². The van der Waals surface area contributed by atoms with Crippen molar-refractivity contribution in [3.8, 4) is 0 Å². The number of carbonyl (C=O) groups is 1. The van der Waals surface area contributed by atoms with E-state index in [0.717, 1.165) is 55.5 Å². The van der Waals surface area contributed by atoms with Gasteiger partial charge in [-0.15, -0.1) is 11.3 Å². The maximum atomic E-state index is 13.1. The van der Waals surface area contributed by atoms with Gasteiger partial charge in [0.1, 0.15) is 0 Å². The summed E-state index contributed by atoms with van der Waals surface area (Å²) in [6, 6.07) is 0. The smallest absolute Gasteiger partial charge is 0.254 e. The molecule has 4 aliphatic rings. The first-order valence-electron chi connectivity index (χ1n) is 9.35. The summed E-state index contributed by atoms with van der Waals surface area (Å²) in [4.78, 5) is 19.9. The fraction of sp³-hybridized carbons (Fsp3) is 0.789. The van der Waals surface area contributed by atoms with Gasteiger partial charge in [0.15, 0.2) is 4.80 Å². The van der Waals surface area contributed by atoms with Gasteiger partial charge in [0.2, 0.25) is 0 Å². The van der Waals surface area contributed by atoms with Crippen LogP contribution in [-0.4, -0.2) is 24.2 Å². The number of unbranched alkanes of at least 4 members (excludes halogenated alkanes) is 1. The van der Waals surface area contributed by atoms with Crippen LogP contribution in [0.25, 0.3) is 0 Å². The highest BCUT2D eigenvalue weighted by atomic mass is 32.1. The molecule has 4 bridgehead atoms. The van der Waals surface area contributed by atoms with Crippen molar-refractivity contribution >= 4 is 17.2 Å². The van der Waals surface area contributed by atoms with Gasteiger partial charge in [0, 0.05) is 31.3 Å². The third-order valence-corrected chi connectivity index (χ3v) is 7.38. The molecule has 0 radical (unpaired) electrons. The molecule has 0 aromatic carbocycles. The number of methoxy groups -OCH3 is 1. The average Bonchev–Trinajstić information content (AvgIpc) is 3.10. The first kappa shape index (κ1) is 16.5. The lowest BCUT2D eigenvalue weighted by Crippen LogP contribution is -2.33. The van der Waals surface area contributed by atoms with Crippen molar-refractivity contribution < 1.29 is 9.53 Å². The SMILES string of the molecule is COCCCCn1cc(C)s/c1=N\C(=O)C12CC3CC(CC1C3)C2. The van der Waals surface area contributed by atoms with Crippen LogP contribution < -0.4 is 4.80 Å². The summed E-state index contributed by atoms with van der Waals surface area (Å²) in [5.41, 5.74) is -0.0979. The second kappa shape index (κ2) is 6.41. The Bertz CT molecular complexity index is 676. The lowest BCUT2D eigenvalue weighted by molar-refractivity contribution is -0.129. The third-order valence-electron chi connectivity index (χ3n) is 6.45. The van der Waals surface area contributed by atoms with Crippen molar-refractivity contribution in [3.05, 3.63) is 15.9 Å². The van der Waals surface area contributed by atoms with Gasteiger partial charge in [-0.1, -0.05) is 0 Å². The number of ether oxygens (including phenoxy) is 1. The Hall–Kier alpha value is -0.940. The van der Waals surface area contributed by atoms with E-state index in [1.165, 1.54) is 24.1 Å². The van der Waals surface area contributed by atoms with E-state index < -0.39 is 0 Å². The molecule has 0 aliphatic heterocycles. The Morgan fingerprint density at radius 1 is 1.33 bits per heavy atom. The number of hydrogen-bond acceptors (Lipinski definition) is 3. The Balaban J connectivity index is 1.54. The molecule has 0 saturated heterocycles. The number of carbonyl (C=O) groups excluding carboxylic acids is 1. The number of nitrogens with zero attached hydrogens (tertiary/aromatic N) is 2. The molecule has 0 spiro atoms. The zero-order valence-corrected chi connectivity index (χ0v) is 15.6. The predicted molar refractivity (Wildman–Crippen MR) is 94.7 cm³/mol. The van der Waals surface area contributed by atoms with E-state index in [9.17, 15) is 4.79 Å². The number of aromatic nitrogens is 1. The van der Waals surface area contributed by atoms with Crippen LogP contribution >= 0.6 is 11.3 Å². The second-order valence-corrected chi connectivity index (χ2v) is 9.35. The fourth-order valence-corrected chi connectivity index (χ4v) is 6.48. The van der Waals surface area contributed by atoms with E-state index in [0.29, 0.717) is 5.92 Å². The molecule has 2 atom stereocenters. The minimum Gasteiger partial charge on any atom is -0.385 e. The molecule has 132 valence electrons. The number of amides is 1. The van der Waals surface area contributed by atoms with E-state index in [2.05, 4.69) is 22.7 Å². The summed E-state index contributed by atoms with van der Waals surface area (Å²) >= 11 is 1.65. The molecule has 1 aromatic rings. The quantitative estimate of drug-likeness (QED) is 0.738. The number of aryl methyl sites for hydroxylation is 2. The Morgan fingerprint density at radius 2 is 2.08 bits per heavy atom. The highest BCUT2D eigenvalue weighted by Gasteiger charge is 2.61. The van der Waals surface area contributed by atoms with Crippen molar-refractivity contribution in [3.63, 3.8) is 0 Å². The zero-order chi connectivity index (χ0) is 16.7. The Kier molecular flexibility index (Phi) is 4.42. The monoisotopic (exact) mass is 348 g/mol. The standard InChI is InChI=1S/C19H28N2O2S/c1-13-12-21(5-3-4-6-23-2)18(24-13)20-17(22)19-10-14-7-15(11-19)9-16(19)8-14/h12,14-16H,3-11H2,1-2H3/b20-18-. The van der Waals surface area contributed by atoms with Crippen molar-refractivity contribution in [2.45, 2.75) is 58.4 Å². The van der Waals surface area contributed by atoms with Gasteiger partial charge in [-0.05, 0) is 69.6 Å². The highest BCUT2D eigenvalue weighted by molar-refractivity contribution is 7.09. The summed E-state index contributed by atoms with van der Waals surface area (Å²) in [6.45, 7) is 3.81. The Labute approximate surface area is 147 Å². The first-order chi connectivity index (χ1) is 11.6. The van der Waals surface area contributed by atoms with Crippen LogP contribution in [-0.2, 0) is 16.1 Å². The van der Waals surface area contributed by atoms with Gasteiger partial charge in [-0.3, -0.25) is 4.79 Å². The zero-order valence-electron chi connectivity index (χ0n) is 14.8. The minimum absolute atomic E-state index is 0.0979. The normalized spacial score (nSPS) is 34.4. The third kappa shape index (κ3) is 2.80. The van der Waals surface area contributed by atoms with Crippen LogP contribution in [0.4, 0.5) is 0 Å². The molecule has 5 heteroatoms. The van der Waals surface area contributed by atoms with E-state index in [1.807, 2.05) is 0 Å². The molecular weight excluding hydrogens is 320 g/mol. The van der Waals surface area contributed by atoms with Crippen LogP contribution in [0.3, 0.4) is 0 Å². The molecular formula is C19H28N2O2S. The van der Waals surface area contributed by atoms with Gasteiger partial charge in [-0.25, -0.2) is 0 Å². The van der Waals surface area contributed by atoms with Gasteiger partial charge in [0.05, 0.1) is 5.41 Å². The van der Waals surface area contributed by atoms with Crippen molar-refractivity contribution in [2.75, 3.05) is 13.7 Å². The molecule has 4 saturated carbocycles. The van der Waals surface area contributed by atoms with E-state index in [4.69, 9.17) is 4.74 Å². The molecule has 24 heavy (non-hydrogen) atoms. The van der Waals surface area contributed by atoms with Crippen LogP contribution in [0.5, 0.6) is 0 Å². The molecule has 1 aromatic heterocycles. The number of thiazole rings is 1. The first-order valence-corrected chi connectivity index (χ1v) is 10.2. The summed E-state index contributed by atoms with van der Waals surface area (Å²) in [5.74, 6) is 2.40. The number of hydrogen-bond donors (Lipinski definition) is 0. The predicted octanol–water partition coefficient (Wildman–Crippen LogP) is 3.54. The molecule has 1 heterocycles. The second-order valence-electron chi connectivity index (χ2n) is 8.14. The van der Waals surface area contributed by atoms with E-state index >= 15 is 0 Å². The summed E-state index contributed by atoms with van der Waals surface area (Å²) in [5, 5.41) is 0.